The molecule has 2 rings (SSSR count). The molecule has 0 aliphatic heterocycles. The largest absolute Gasteiger partial charge is 0.497 e. The molecule has 0 heterocycles. The van der Waals surface area contributed by atoms with Crippen molar-refractivity contribution in [3.05, 3.63) is 29.8 Å². The highest BCUT2D eigenvalue weighted by atomic mass is 16.5. The smallest absolute Gasteiger partial charge is 0.237 e. The quantitative estimate of drug-likeness (QED) is 0.837. The lowest BCUT2D eigenvalue weighted by molar-refractivity contribution is -0.123. The van der Waals surface area contributed by atoms with E-state index in [2.05, 4.69) is 10.6 Å². The minimum atomic E-state index is -0.179. The van der Waals surface area contributed by atoms with E-state index in [0.29, 0.717) is 12.6 Å². The average Bonchev–Trinajstić information content (AvgIpc) is 2.97. The molecule has 1 aliphatic rings. The Bertz CT molecular complexity index is 442. The number of rotatable bonds is 6. The molecule has 1 fully saturated rings. The fraction of sp³-hybridized carbons (Fsp3) is 0.562. The van der Waals surface area contributed by atoms with Gasteiger partial charge in [-0.25, -0.2) is 0 Å². The molecule has 20 heavy (non-hydrogen) atoms. The predicted molar refractivity (Wildman–Crippen MR) is 79.7 cm³/mol. The summed E-state index contributed by atoms with van der Waals surface area (Å²) in [6, 6.07) is 8.08. The van der Waals surface area contributed by atoms with Crippen molar-refractivity contribution in [2.75, 3.05) is 7.11 Å². The fourth-order valence-corrected chi connectivity index (χ4v) is 2.54. The molecule has 1 aromatic rings. The van der Waals surface area contributed by atoms with E-state index in [-0.39, 0.29) is 11.9 Å². The van der Waals surface area contributed by atoms with Gasteiger partial charge in [-0.3, -0.25) is 4.79 Å². The first kappa shape index (κ1) is 14.9. The lowest BCUT2D eigenvalue weighted by Crippen LogP contribution is -2.45. The molecular formula is C16H24N2O2. The Labute approximate surface area is 120 Å². The van der Waals surface area contributed by atoms with Crippen LogP contribution in [-0.2, 0) is 11.3 Å². The topological polar surface area (TPSA) is 50.4 Å². The maximum Gasteiger partial charge on any atom is 0.237 e. The average molecular weight is 276 g/mol. The van der Waals surface area contributed by atoms with Gasteiger partial charge in [-0.15, -0.1) is 0 Å². The highest BCUT2D eigenvalue weighted by molar-refractivity contribution is 5.81. The number of hydrogen-bond acceptors (Lipinski definition) is 3. The normalized spacial score (nSPS) is 16.9. The fourth-order valence-electron chi connectivity index (χ4n) is 2.54. The Kier molecular flexibility index (Phi) is 5.41. The Balaban J connectivity index is 1.78. The van der Waals surface area contributed by atoms with Crippen LogP contribution in [0.25, 0.3) is 0 Å². The molecule has 0 aromatic heterocycles. The minimum absolute atomic E-state index is 0.0970. The molecule has 0 bridgehead atoms. The number of carbonyl (C=O) groups excluding carboxylic acids is 1. The Morgan fingerprint density at radius 2 is 2.15 bits per heavy atom. The van der Waals surface area contributed by atoms with Gasteiger partial charge in [0.15, 0.2) is 0 Å². The molecule has 1 saturated carbocycles. The summed E-state index contributed by atoms with van der Waals surface area (Å²) in [4.78, 5) is 12.0. The van der Waals surface area contributed by atoms with Crippen LogP contribution < -0.4 is 15.4 Å². The van der Waals surface area contributed by atoms with Crippen LogP contribution in [0.1, 0.15) is 38.2 Å². The first-order valence-electron chi connectivity index (χ1n) is 7.35. The van der Waals surface area contributed by atoms with Crippen LogP contribution in [0.5, 0.6) is 5.75 Å². The van der Waals surface area contributed by atoms with Gasteiger partial charge in [0.05, 0.1) is 13.2 Å². The number of hydrogen-bond donors (Lipinski definition) is 2. The van der Waals surface area contributed by atoms with Crippen molar-refractivity contribution in [3.8, 4) is 5.75 Å². The zero-order valence-electron chi connectivity index (χ0n) is 12.3. The third-order valence-electron chi connectivity index (χ3n) is 3.84. The van der Waals surface area contributed by atoms with E-state index in [0.717, 1.165) is 24.2 Å². The van der Waals surface area contributed by atoms with Crippen molar-refractivity contribution >= 4 is 5.91 Å². The number of ether oxygens (including phenoxy) is 1. The molecule has 0 saturated heterocycles. The summed E-state index contributed by atoms with van der Waals surface area (Å²) in [5.74, 6) is 0.937. The predicted octanol–water partition coefficient (Wildman–Crippen LogP) is 2.23. The summed E-state index contributed by atoms with van der Waals surface area (Å²) in [5.41, 5.74) is 1.12. The summed E-state index contributed by atoms with van der Waals surface area (Å²) in [5, 5.41) is 6.37. The summed E-state index contributed by atoms with van der Waals surface area (Å²) in [7, 11) is 1.66. The second-order valence-corrected chi connectivity index (χ2v) is 5.44. The van der Waals surface area contributed by atoms with Crippen LogP contribution in [0.3, 0.4) is 0 Å². The molecule has 1 atom stereocenters. The third kappa shape index (κ3) is 4.23. The van der Waals surface area contributed by atoms with Crippen molar-refractivity contribution in [2.45, 2.75) is 51.2 Å². The molecule has 4 nitrogen and oxygen atoms in total. The van der Waals surface area contributed by atoms with E-state index in [9.17, 15) is 4.79 Å². The van der Waals surface area contributed by atoms with Gasteiger partial charge in [0.1, 0.15) is 5.75 Å². The van der Waals surface area contributed by atoms with Gasteiger partial charge < -0.3 is 15.4 Å². The van der Waals surface area contributed by atoms with Gasteiger partial charge >= 0.3 is 0 Å². The van der Waals surface area contributed by atoms with Gasteiger partial charge in [0.2, 0.25) is 5.91 Å². The summed E-state index contributed by atoms with van der Waals surface area (Å²) < 4.78 is 5.19. The number of methoxy groups -OCH3 is 1. The van der Waals surface area contributed by atoms with Crippen LogP contribution >= 0.6 is 0 Å². The van der Waals surface area contributed by atoms with E-state index in [1.54, 1.807) is 7.11 Å². The van der Waals surface area contributed by atoms with Crippen LogP contribution in [0.2, 0.25) is 0 Å². The molecule has 1 aromatic carbocycles. The van der Waals surface area contributed by atoms with E-state index in [1.165, 1.54) is 12.8 Å². The first-order chi connectivity index (χ1) is 9.69. The Morgan fingerprint density at radius 3 is 2.85 bits per heavy atom. The standard InChI is InChI=1S/C16H24N2O2/c1-12(16(19)18-14-7-3-4-8-14)17-11-13-6-5-9-15(10-13)20-2/h5-6,9-10,12,14,17H,3-4,7-8,11H2,1-2H3,(H,18,19). The third-order valence-corrected chi connectivity index (χ3v) is 3.84. The molecule has 110 valence electrons. The Hall–Kier alpha value is -1.55. The monoisotopic (exact) mass is 276 g/mol. The maximum atomic E-state index is 12.0. The van der Waals surface area contributed by atoms with Crippen molar-refractivity contribution in [1.82, 2.24) is 10.6 Å². The number of carbonyl (C=O) groups is 1. The summed E-state index contributed by atoms with van der Waals surface area (Å²) >= 11 is 0. The van der Waals surface area contributed by atoms with Gasteiger partial charge in [0, 0.05) is 12.6 Å². The molecule has 4 heteroatoms. The van der Waals surface area contributed by atoms with Crippen LogP contribution in [-0.4, -0.2) is 25.1 Å². The van der Waals surface area contributed by atoms with E-state index < -0.39 is 0 Å². The second kappa shape index (κ2) is 7.29. The lowest BCUT2D eigenvalue weighted by atomic mass is 10.2. The van der Waals surface area contributed by atoms with E-state index in [4.69, 9.17) is 4.74 Å². The molecule has 1 aliphatic carbocycles. The molecule has 2 N–H and O–H groups in total. The zero-order valence-corrected chi connectivity index (χ0v) is 12.3. The molecule has 0 radical (unpaired) electrons. The maximum absolute atomic E-state index is 12.0. The molecule has 1 amide bonds. The molecular weight excluding hydrogens is 252 g/mol. The van der Waals surface area contributed by atoms with Crippen LogP contribution in [0.15, 0.2) is 24.3 Å². The number of amides is 1. The number of benzene rings is 1. The lowest BCUT2D eigenvalue weighted by Gasteiger charge is -2.18. The Morgan fingerprint density at radius 1 is 1.40 bits per heavy atom. The van der Waals surface area contributed by atoms with Crippen molar-refractivity contribution in [3.63, 3.8) is 0 Å². The highest BCUT2D eigenvalue weighted by Crippen LogP contribution is 2.17. The summed E-state index contributed by atoms with van der Waals surface area (Å²) in [6.45, 7) is 2.57. The molecule has 1 unspecified atom stereocenters. The van der Waals surface area contributed by atoms with Gasteiger partial charge in [-0.05, 0) is 37.5 Å². The van der Waals surface area contributed by atoms with Crippen molar-refractivity contribution in [2.24, 2.45) is 0 Å². The van der Waals surface area contributed by atoms with E-state index in [1.807, 2.05) is 31.2 Å². The number of nitrogens with one attached hydrogen (secondary N) is 2. The van der Waals surface area contributed by atoms with Gasteiger partial charge in [-0.1, -0.05) is 25.0 Å². The van der Waals surface area contributed by atoms with Crippen LogP contribution in [0.4, 0.5) is 0 Å². The molecule has 0 spiro atoms. The van der Waals surface area contributed by atoms with Crippen LogP contribution in [0, 0.1) is 0 Å². The van der Waals surface area contributed by atoms with E-state index >= 15 is 0 Å². The first-order valence-corrected chi connectivity index (χ1v) is 7.35. The SMILES string of the molecule is COc1cccc(CNC(C)C(=O)NC2CCCC2)c1. The minimum Gasteiger partial charge on any atom is -0.497 e. The van der Waals surface area contributed by atoms with Gasteiger partial charge in [0.25, 0.3) is 0 Å². The van der Waals surface area contributed by atoms with Crippen molar-refractivity contribution in [1.29, 1.82) is 0 Å². The zero-order chi connectivity index (χ0) is 14.4. The highest BCUT2D eigenvalue weighted by Gasteiger charge is 2.20. The van der Waals surface area contributed by atoms with Crippen molar-refractivity contribution < 1.29 is 9.53 Å². The van der Waals surface area contributed by atoms with Gasteiger partial charge in [-0.2, -0.15) is 0 Å². The second-order valence-electron chi connectivity index (χ2n) is 5.44. The summed E-state index contributed by atoms with van der Waals surface area (Å²) in [6.07, 6.45) is 4.70.